The fraction of sp³-hybridized carbons (Fsp3) is 0.455. The van der Waals surface area contributed by atoms with Crippen molar-refractivity contribution in [3.8, 4) is 0 Å². The summed E-state index contributed by atoms with van der Waals surface area (Å²) < 4.78 is 30.3. The van der Waals surface area contributed by atoms with Crippen LogP contribution in [0.3, 0.4) is 0 Å². The zero-order chi connectivity index (χ0) is 11.3. The Bertz CT molecular complexity index is 317. The van der Waals surface area contributed by atoms with Crippen LogP contribution in [0.1, 0.15) is 12.0 Å². The molecule has 0 bridgehead atoms. The summed E-state index contributed by atoms with van der Waals surface area (Å²) in [5.74, 6) is -1.64. The Balaban J connectivity index is 2.47. The molecule has 0 aliphatic rings. The van der Waals surface area contributed by atoms with Crippen molar-refractivity contribution in [1.82, 2.24) is 0 Å². The van der Waals surface area contributed by atoms with Gasteiger partial charge in [-0.2, -0.15) is 0 Å². The molecule has 1 rings (SSSR count). The fourth-order valence-electron chi connectivity index (χ4n) is 1.28. The first-order chi connectivity index (χ1) is 7.13. The van der Waals surface area contributed by atoms with Crippen molar-refractivity contribution < 1.29 is 13.5 Å². The van der Waals surface area contributed by atoms with Gasteiger partial charge in [0.2, 0.25) is 0 Å². The Morgan fingerprint density at radius 2 is 2.07 bits per heavy atom. The Labute approximate surface area is 93.0 Å². The monoisotopic (exact) mass is 234 g/mol. The minimum Gasteiger partial charge on any atom is -0.383 e. The van der Waals surface area contributed by atoms with Crippen molar-refractivity contribution in [1.29, 1.82) is 0 Å². The minimum absolute atomic E-state index is 0.0943. The molecule has 0 aliphatic carbocycles. The molecule has 0 fully saturated rings. The molecule has 1 aromatic carbocycles. The van der Waals surface area contributed by atoms with Crippen LogP contribution in [-0.2, 0) is 11.2 Å². The van der Waals surface area contributed by atoms with Gasteiger partial charge < -0.3 is 4.74 Å². The summed E-state index contributed by atoms with van der Waals surface area (Å²) in [5, 5.41) is -0.0943. The van der Waals surface area contributed by atoms with Crippen LogP contribution in [0.5, 0.6) is 0 Å². The number of hydrogen-bond donors (Lipinski definition) is 0. The van der Waals surface area contributed by atoms with E-state index in [1.54, 1.807) is 13.2 Å². The van der Waals surface area contributed by atoms with Crippen LogP contribution in [-0.4, -0.2) is 19.1 Å². The van der Waals surface area contributed by atoms with Crippen LogP contribution in [0.25, 0.3) is 0 Å². The lowest BCUT2D eigenvalue weighted by Gasteiger charge is -2.07. The maximum Gasteiger partial charge on any atom is 0.159 e. The van der Waals surface area contributed by atoms with Crippen LogP contribution in [0, 0.1) is 11.6 Å². The van der Waals surface area contributed by atoms with E-state index in [-0.39, 0.29) is 5.38 Å². The highest BCUT2D eigenvalue weighted by molar-refractivity contribution is 6.20. The molecule has 0 heterocycles. The lowest BCUT2D eigenvalue weighted by Crippen LogP contribution is -2.08. The van der Waals surface area contributed by atoms with E-state index in [1.165, 1.54) is 6.07 Å². The summed E-state index contributed by atoms with van der Waals surface area (Å²) >= 11 is 5.91. The summed E-state index contributed by atoms with van der Waals surface area (Å²) in [7, 11) is 1.58. The quantitative estimate of drug-likeness (QED) is 0.712. The lowest BCUT2D eigenvalue weighted by molar-refractivity contribution is 0.195. The van der Waals surface area contributed by atoms with E-state index in [4.69, 9.17) is 16.3 Å². The predicted molar refractivity (Wildman–Crippen MR) is 56.2 cm³/mol. The molecule has 15 heavy (non-hydrogen) atoms. The molecule has 0 aliphatic heterocycles. The van der Waals surface area contributed by atoms with Crippen molar-refractivity contribution in [2.24, 2.45) is 0 Å². The number of aryl methyl sites for hydroxylation is 1. The lowest BCUT2D eigenvalue weighted by atomic mass is 10.1. The van der Waals surface area contributed by atoms with E-state index in [9.17, 15) is 8.78 Å². The summed E-state index contributed by atoms with van der Waals surface area (Å²) in [6.45, 7) is 0.464. The molecule has 0 saturated heterocycles. The van der Waals surface area contributed by atoms with Gasteiger partial charge in [0.1, 0.15) is 0 Å². The zero-order valence-electron chi connectivity index (χ0n) is 8.47. The van der Waals surface area contributed by atoms with E-state index < -0.39 is 11.6 Å². The van der Waals surface area contributed by atoms with Gasteiger partial charge in [-0.3, -0.25) is 0 Å². The molecule has 0 spiro atoms. The Morgan fingerprint density at radius 3 is 2.67 bits per heavy atom. The van der Waals surface area contributed by atoms with Gasteiger partial charge in [-0.05, 0) is 30.5 Å². The second kappa shape index (κ2) is 6.03. The van der Waals surface area contributed by atoms with E-state index in [1.807, 2.05) is 0 Å². The van der Waals surface area contributed by atoms with Crippen molar-refractivity contribution >= 4 is 11.6 Å². The molecule has 0 amide bonds. The van der Waals surface area contributed by atoms with Gasteiger partial charge in [-0.1, -0.05) is 6.07 Å². The number of rotatable bonds is 5. The van der Waals surface area contributed by atoms with Gasteiger partial charge in [0.25, 0.3) is 0 Å². The van der Waals surface area contributed by atoms with Gasteiger partial charge in [0, 0.05) is 7.11 Å². The molecule has 1 unspecified atom stereocenters. The van der Waals surface area contributed by atoms with Gasteiger partial charge >= 0.3 is 0 Å². The molecule has 0 radical (unpaired) electrons. The molecule has 0 saturated carbocycles. The SMILES string of the molecule is COCC(Cl)CCc1ccc(F)c(F)c1. The maximum absolute atomic E-state index is 12.8. The summed E-state index contributed by atoms with van der Waals surface area (Å²) in [6, 6.07) is 3.89. The first-order valence-corrected chi connectivity index (χ1v) is 5.14. The Morgan fingerprint density at radius 1 is 1.33 bits per heavy atom. The van der Waals surface area contributed by atoms with Gasteiger partial charge in [-0.25, -0.2) is 8.78 Å². The number of benzene rings is 1. The van der Waals surface area contributed by atoms with Crippen LogP contribution < -0.4 is 0 Å². The first kappa shape index (κ1) is 12.4. The third kappa shape index (κ3) is 4.14. The van der Waals surface area contributed by atoms with Gasteiger partial charge in [-0.15, -0.1) is 11.6 Å². The van der Waals surface area contributed by atoms with Gasteiger partial charge in [0.15, 0.2) is 11.6 Å². The molecule has 84 valence electrons. The summed E-state index contributed by atoms with van der Waals surface area (Å²) in [4.78, 5) is 0. The smallest absolute Gasteiger partial charge is 0.159 e. The molecule has 0 aromatic heterocycles. The molecular formula is C11H13ClF2O. The highest BCUT2D eigenvalue weighted by Gasteiger charge is 2.06. The molecule has 1 atom stereocenters. The third-order valence-electron chi connectivity index (χ3n) is 2.08. The fourth-order valence-corrected chi connectivity index (χ4v) is 1.52. The predicted octanol–water partition coefficient (Wildman–Crippen LogP) is 3.15. The highest BCUT2D eigenvalue weighted by Crippen LogP contribution is 2.13. The topological polar surface area (TPSA) is 9.23 Å². The number of methoxy groups -OCH3 is 1. The number of halogens is 3. The van der Waals surface area contributed by atoms with Crippen molar-refractivity contribution in [3.63, 3.8) is 0 Å². The Hall–Kier alpha value is -0.670. The maximum atomic E-state index is 12.8. The first-order valence-electron chi connectivity index (χ1n) is 4.70. The van der Waals surface area contributed by atoms with Crippen molar-refractivity contribution in [2.45, 2.75) is 18.2 Å². The third-order valence-corrected chi connectivity index (χ3v) is 2.42. The summed E-state index contributed by atoms with van der Waals surface area (Å²) in [6.07, 6.45) is 1.30. The second-order valence-corrected chi connectivity index (χ2v) is 3.96. The van der Waals surface area contributed by atoms with Crippen LogP contribution in [0.2, 0.25) is 0 Å². The highest BCUT2D eigenvalue weighted by atomic mass is 35.5. The average molecular weight is 235 g/mol. The average Bonchev–Trinajstić information content (AvgIpc) is 2.20. The van der Waals surface area contributed by atoms with Gasteiger partial charge in [0.05, 0.1) is 12.0 Å². The van der Waals surface area contributed by atoms with E-state index in [0.717, 1.165) is 11.6 Å². The molecule has 4 heteroatoms. The molecule has 1 nitrogen and oxygen atoms in total. The zero-order valence-corrected chi connectivity index (χ0v) is 9.23. The molecule has 1 aromatic rings. The normalized spacial score (nSPS) is 12.8. The minimum atomic E-state index is -0.821. The number of hydrogen-bond acceptors (Lipinski definition) is 1. The number of ether oxygens (including phenoxy) is 1. The number of alkyl halides is 1. The van der Waals surface area contributed by atoms with E-state index in [0.29, 0.717) is 19.4 Å². The van der Waals surface area contributed by atoms with Crippen molar-refractivity contribution in [2.75, 3.05) is 13.7 Å². The van der Waals surface area contributed by atoms with E-state index >= 15 is 0 Å². The summed E-state index contributed by atoms with van der Waals surface area (Å²) in [5.41, 5.74) is 0.746. The second-order valence-electron chi connectivity index (χ2n) is 3.34. The largest absolute Gasteiger partial charge is 0.383 e. The van der Waals surface area contributed by atoms with E-state index in [2.05, 4.69) is 0 Å². The standard InChI is InChI=1S/C11H13ClF2O/c1-15-7-9(12)4-2-8-3-5-10(13)11(14)6-8/h3,5-6,9H,2,4,7H2,1H3. The van der Waals surface area contributed by atoms with Crippen LogP contribution in [0.15, 0.2) is 18.2 Å². The van der Waals surface area contributed by atoms with Crippen molar-refractivity contribution in [3.05, 3.63) is 35.4 Å². The Kier molecular flexibility index (Phi) is 4.99. The van der Waals surface area contributed by atoms with Crippen LogP contribution in [0.4, 0.5) is 8.78 Å². The van der Waals surface area contributed by atoms with Crippen LogP contribution >= 0.6 is 11.6 Å². The molecule has 0 N–H and O–H groups in total. The molecular weight excluding hydrogens is 222 g/mol.